The molecule has 2 fully saturated rings. The molecule has 114 valence electrons. The molecule has 6 heteroatoms. The molecule has 0 radical (unpaired) electrons. The fraction of sp³-hybridized carbons (Fsp3) is 0.857. The van der Waals surface area contributed by atoms with Crippen LogP contribution in [0.4, 0.5) is 4.79 Å². The second-order valence-electron chi connectivity index (χ2n) is 6.28. The van der Waals surface area contributed by atoms with E-state index in [1.165, 1.54) is 32.6 Å². The van der Waals surface area contributed by atoms with E-state index in [0.717, 1.165) is 25.4 Å². The van der Waals surface area contributed by atoms with Gasteiger partial charge in [-0.05, 0) is 31.6 Å². The number of carboxylic acid groups (broad SMARTS) is 1. The molecule has 3 N–H and O–H groups in total. The quantitative estimate of drug-likeness (QED) is 0.722. The molecule has 2 amide bonds. The van der Waals surface area contributed by atoms with Crippen molar-refractivity contribution in [3.05, 3.63) is 0 Å². The van der Waals surface area contributed by atoms with Crippen molar-refractivity contribution in [2.24, 2.45) is 11.8 Å². The summed E-state index contributed by atoms with van der Waals surface area (Å²) in [5, 5.41) is 20.9. The highest BCUT2D eigenvalue weighted by molar-refractivity contribution is 5.79. The number of aliphatic carboxylic acids is 1. The van der Waals surface area contributed by atoms with E-state index in [0.29, 0.717) is 5.92 Å². The summed E-state index contributed by atoms with van der Waals surface area (Å²) in [4.78, 5) is 24.6. The second-order valence-corrected chi connectivity index (χ2v) is 6.28. The van der Waals surface area contributed by atoms with Crippen LogP contribution in [0, 0.1) is 11.8 Å². The summed E-state index contributed by atoms with van der Waals surface area (Å²) in [7, 11) is 0. The first-order chi connectivity index (χ1) is 9.40. The number of urea groups is 1. The molecule has 6 nitrogen and oxygen atoms in total. The maximum Gasteiger partial charge on any atom is 0.337 e. The van der Waals surface area contributed by atoms with Crippen LogP contribution in [0.3, 0.4) is 0 Å². The zero-order valence-electron chi connectivity index (χ0n) is 12.0. The van der Waals surface area contributed by atoms with E-state index in [1.807, 2.05) is 0 Å². The van der Waals surface area contributed by atoms with Gasteiger partial charge in [0.2, 0.25) is 0 Å². The van der Waals surface area contributed by atoms with Gasteiger partial charge in [-0.25, -0.2) is 9.59 Å². The Labute approximate surface area is 119 Å². The monoisotopic (exact) mass is 284 g/mol. The van der Waals surface area contributed by atoms with Crippen molar-refractivity contribution in [2.45, 2.75) is 44.6 Å². The Morgan fingerprint density at radius 2 is 1.90 bits per heavy atom. The predicted octanol–water partition coefficient (Wildman–Crippen LogP) is 1.04. The lowest BCUT2D eigenvalue weighted by atomic mass is 9.75. The Bertz CT molecular complexity index is 383. The molecule has 3 atom stereocenters. The van der Waals surface area contributed by atoms with Gasteiger partial charge in [0, 0.05) is 13.1 Å². The van der Waals surface area contributed by atoms with Crippen LogP contribution in [0.1, 0.15) is 39.0 Å². The second kappa shape index (κ2) is 5.99. The van der Waals surface area contributed by atoms with Crippen LogP contribution in [0.2, 0.25) is 0 Å². The lowest BCUT2D eigenvalue weighted by molar-refractivity contribution is -0.155. The highest BCUT2D eigenvalue weighted by Crippen LogP contribution is 2.35. The van der Waals surface area contributed by atoms with E-state index in [9.17, 15) is 14.7 Å². The summed E-state index contributed by atoms with van der Waals surface area (Å²) < 4.78 is 0. The van der Waals surface area contributed by atoms with E-state index in [4.69, 9.17) is 5.11 Å². The zero-order valence-corrected chi connectivity index (χ0v) is 12.0. The zero-order chi connectivity index (χ0) is 14.8. The van der Waals surface area contributed by atoms with Crippen LogP contribution in [0.25, 0.3) is 0 Å². The van der Waals surface area contributed by atoms with E-state index >= 15 is 0 Å². The molecule has 1 saturated carbocycles. The maximum atomic E-state index is 12.1. The molecule has 20 heavy (non-hydrogen) atoms. The van der Waals surface area contributed by atoms with Gasteiger partial charge < -0.3 is 20.4 Å². The van der Waals surface area contributed by atoms with Crippen molar-refractivity contribution >= 4 is 12.0 Å². The van der Waals surface area contributed by atoms with Crippen molar-refractivity contribution < 1.29 is 19.8 Å². The van der Waals surface area contributed by atoms with Gasteiger partial charge in [0.15, 0.2) is 5.60 Å². The maximum absolute atomic E-state index is 12.1. The number of rotatable bonds is 3. The first-order valence-electron chi connectivity index (χ1n) is 7.38. The number of carbonyl (C=O) groups excluding carboxylic acids is 1. The molecule has 1 heterocycles. The Morgan fingerprint density at radius 3 is 2.55 bits per heavy atom. The topological polar surface area (TPSA) is 89.9 Å². The van der Waals surface area contributed by atoms with E-state index in [1.54, 1.807) is 4.90 Å². The van der Waals surface area contributed by atoms with Gasteiger partial charge >= 0.3 is 12.0 Å². The molecule has 1 aliphatic heterocycles. The normalized spacial score (nSPS) is 29.2. The molecular weight excluding hydrogens is 260 g/mol. The lowest BCUT2D eigenvalue weighted by Gasteiger charge is -2.41. The van der Waals surface area contributed by atoms with Crippen LogP contribution in [-0.4, -0.2) is 52.3 Å². The number of carbonyl (C=O) groups is 2. The van der Waals surface area contributed by atoms with Gasteiger partial charge in [0.25, 0.3) is 0 Å². The largest absolute Gasteiger partial charge is 0.479 e. The molecule has 0 aromatic heterocycles. The fourth-order valence-corrected chi connectivity index (χ4v) is 3.22. The fourth-order valence-electron chi connectivity index (χ4n) is 3.22. The molecule has 3 unspecified atom stereocenters. The summed E-state index contributed by atoms with van der Waals surface area (Å²) in [6.45, 7) is 2.39. The molecule has 1 saturated heterocycles. The number of nitrogens with one attached hydrogen (secondary N) is 1. The van der Waals surface area contributed by atoms with Gasteiger partial charge in [-0.1, -0.05) is 19.3 Å². The van der Waals surface area contributed by atoms with Crippen LogP contribution in [0.15, 0.2) is 0 Å². The minimum Gasteiger partial charge on any atom is -0.479 e. The number of hydrogen-bond donors (Lipinski definition) is 3. The molecule has 0 aromatic rings. The number of amides is 2. The number of aliphatic hydroxyl groups is 1. The Kier molecular flexibility index (Phi) is 4.52. The van der Waals surface area contributed by atoms with Gasteiger partial charge in [-0.3, -0.25) is 0 Å². The van der Waals surface area contributed by atoms with Crippen molar-refractivity contribution in [3.63, 3.8) is 0 Å². The molecule has 0 aromatic carbocycles. The molecule has 2 rings (SSSR count). The van der Waals surface area contributed by atoms with Crippen molar-refractivity contribution in [1.29, 1.82) is 0 Å². The third-order valence-electron chi connectivity index (χ3n) is 4.62. The average molecular weight is 284 g/mol. The molecule has 2 aliphatic rings. The van der Waals surface area contributed by atoms with Crippen LogP contribution < -0.4 is 5.32 Å². The SMILES string of the molecule is CC(O)(CNC(=O)N1CCC2CCCCC2C1)C(=O)O. The highest BCUT2D eigenvalue weighted by Gasteiger charge is 2.34. The number of piperidine rings is 1. The third-order valence-corrected chi connectivity index (χ3v) is 4.62. The summed E-state index contributed by atoms with van der Waals surface area (Å²) in [5.41, 5.74) is -1.92. The van der Waals surface area contributed by atoms with Crippen LogP contribution in [0.5, 0.6) is 0 Å². The van der Waals surface area contributed by atoms with Gasteiger partial charge in [0.05, 0.1) is 6.54 Å². The number of nitrogens with zero attached hydrogens (tertiary/aromatic N) is 1. The van der Waals surface area contributed by atoms with Crippen molar-refractivity contribution in [3.8, 4) is 0 Å². The molecular formula is C14H24N2O4. The minimum absolute atomic E-state index is 0.268. The van der Waals surface area contributed by atoms with Gasteiger partial charge in [-0.2, -0.15) is 0 Å². The number of likely N-dealkylation sites (tertiary alicyclic amines) is 1. The Balaban J connectivity index is 1.83. The third kappa shape index (κ3) is 3.42. The summed E-state index contributed by atoms with van der Waals surface area (Å²) in [6, 6.07) is -0.268. The average Bonchev–Trinajstić information content (AvgIpc) is 2.44. The molecule has 0 spiro atoms. The smallest absolute Gasteiger partial charge is 0.337 e. The standard InChI is InChI=1S/C14H24N2O4/c1-14(20,12(17)18)9-15-13(19)16-7-6-10-4-2-3-5-11(10)8-16/h10-11,20H,2-9H2,1H3,(H,15,19)(H,17,18). The highest BCUT2D eigenvalue weighted by atomic mass is 16.4. The van der Waals surface area contributed by atoms with E-state index in [-0.39, 0.29) is 12.6 Å². The van der Waals surface area contributed by atoms with Gasteiger partial charge in [-0.15, -0.1) is 0 Å². The van der Waals surface area contributed by atoms with Gasteiger partial charge in [0.1, 0.15) is 0 Å². The number of hydrogen-bond acceptors (Lipinski definition) is 3. The summed E-state index contributed by atoms with van der Waals surface area (Å²) in [6.07, 6.45) is 6.03. The van der Waals surface area contributed by atoms with Crippen molar-refractivity contribution in [1.82, 2.24) is 10.2 Å². The number of carboxylic acids is 1. The number of fused-ring (bicyclic) bond motifs is 1. The van der Waals surface area contributed by atoms with E-state index in [2.05, 4.69) is 5.32 Å². The predicted molar refractivity (Wildman–Crippen MR) is 73.3 cm³/mol. The van der Waals surface area contributed by atoms with Crippen molar-refractivity contribution in [2.75, 3.05) is 19.6 Å². The lowest BCUT2D eigenvalue weighted by Crippen LogP contribution is -2.53. The summed E-state index contributed by atoms with van der Waals surface area (Å²) >= 11 is 0. The molecule has 1 aliphatic carbocycles. The molecule has 0 bridgehead atoms. The Morgan fingerprint density at radius 1 is 1.25 bits per heavy atom. The van der Waals surface area contributed by atoms with Crippen LogP contribution in [-0.2, 0) is 4.79 Å². The Hall–Kier alpha value is -1.30. The minimum atomic E-state index is -1.92. The first-order valence-corrected chi connectivity index (χ1v) is 7.38. The first kappa shape index (κ1) is 15.1. The van der Waals surface area contributed by atoms with E-state index < -0.39 is 11.6 Å². The summed E-state index contributed by atoms with van der Waals surface area (Å²) in [5.74, 6) is 0.00181. The van der Waals surface area contributed by atoms with Crippen LogP contribution >= 0.6 is 0 Å².